The molecule has 9 heteroatoms. The zero-order valence-electron chi connectivity index (χ0n) is 16.2. The van der Waals surface area contributed by atoms with Crippen molar-refractivity contribution in [3.05, 3.63) is 59.2 Å². The van der Waals surface area contributed by atoms with Crippen molar-refractivity contribution in [2.24, 2.45) is 10.7 Å². The Labute approximate surface area is 183 Å². The molecule has 0 atom stereocenters. The van der Waals surface area contributed by atoms with Crippen LogP contribution in [0.25, 0.3) is 0 Å². The van der Waals surface area contributed by atoms with Crippen LogP contribution in [-0.2, 0) is 21.3 Å². The smallest absolute Gasteiger partial charge is 0.240 e. The highest BCUT2D eigenvalue weighted by atomic mass is 127. The van der Waals surface area contributed by atoms with E-state index < -0.39 is 10.0 Å². The van der Waals surface area contributed by atoms with Crippen molar-refractivity contribution in [2.45, 2.75) is 25.3 Å². The van der Waals surface area contributed by atoms with Gasteiger partial charge in [0.1, 0.15) is 0 Å². The third kappa shape index (κ3) is 7.38. The summed E-state index contributed by atoms with van der Waals surface area (Å²) in [6.07, 6.45) is 0. The number of sulfonamides is 1. The first-order chi connectivity index (χ1) is 12.8. The number of benzene rings is 2. The van der Waals surface area contributed by atoms with Crippen molar-refractivity contribution in [3.8, 4) is 0 Å². The summed E-state index contributed by atoms with van der Waals surface area (Å²) in [5.41, 5.74) is 9.91. The van der Waals surface area contributed by atoms with Crippen LogP contribution in [0.2, 0.25) is 0 Å². The lowest BCUT2D eigenvalue weighted by Crippen LogP contribution is -2.27. The Kier molecular flexibility index (Phi) is 9.87. The summed E-state index contributed by atoms with van der Waals surface area (Å²) in [5, 5.41) is 3.04. The molecule has 154 valence electrons. The molecule has 0 saturated carbocycles. The predicted molar refractivity (Wildman–Crippen MR) is 124 cm³/mol. The topological polar surface area (TPSA) is 106 Å². The van der Waals surface area contributed by atoms with E-state index in [2.05, 4.69) is 15.0 Å². The van der Waals surface area contributed by atoms with E-state index in [1.54, 1.807) is 24.3 Å². The first-order valence-electron chi connectivity index (χ1n) is 8.53. The number of nitrogens with one attached hydrogen (secondary N) is 2. The molecule has 2 aromatic carbocycles. The number of anilines is 1. The largest absolute Gasteiger partial charge is 0.383 e. The van der Waals surface area contributed by atoms with Gasteiger partial charge in [0, 0.05) is 19.3 Å². The number of ether oxygens (including phenoxy) is 1. The normalized spacial score (nSPS) is 11.8. The van der Waals surface area contributed by atoms with Crippen LogP contribution in [0.4, 0.5) is 5.69 Å². The van der Waals surface area contributed by atoms with E-state index in [9.17, 15) is 8.42 Å². The molecular weight excluding hydrogens is 491 g/mol. The van der Waals surface area contributed by atoms with E-state index in [4.69, 9.17) is 10.5 Å². The molecule has 0 spiro atoms. The van der Waals surface area contributed by atoms with Crippen LogP contribution < -0.4 is 15.8 Å². The highest BCUT2D eigenvalue weighted by Crippen LogP contribution is 2.15. The Bertz CT molecular complexity index is 917. The number of aryl methyl sites for hydroxylation is 2. The molecule has 0 unspecified atom stereocenters. The number of rotatable bonds is 8. The standard InChI is InChI=1S/C19H26N4O3S.HI/c1-14-7-8-17(11-15(14)2)23-19(20)21-13-16-5-4-6-18(12-16)27(24,25)22-9-10-26-3;/h4-8,11-12,22H,9-10,13H2,1-3H3,(H3,20,21,23);1H. The number of aliphatic imine (C=N–C) groups is 1. The van der Waals surface area contributed by atoms with Crippen molar-refractivity contribution in [3.63, 3.8) is 0 Å². The van der Waals surface area contributed by atoms with E-state index in [0.29, 0.717) is 6.61 Å². The van der Waals surface area contributed by atoms with E-state index in [0.717, 1.165) is 16.8 Å². The predicted octanol–water partition coefficient (Wildman–Crippen LogP) is 2.77. The molecule has 0 saturated heterocycles. The van der Waals surface area contributed by atoms with Crippen molar-refractivity contribution < 1.29 is 13.2 Å². The summed E-state index contributed by atoms with van der Waals surface area (Å²) < 4.78 is 31.9. The van der Waals surface area contributed by atoms with Crippen LogP contribution in [-0.4, -0.2) is 34.6 Å². The second-order valence-corrected chi connectivity index (χ2v) is 7.93. The number of guanidine groups is 1. The van der Waals surface area contributed by atoms with Crippen molar-refractivity contribution >= 4 is 45.6 Å². The molecule has 0 aromatic heterocycles. The summed E-state index contributed by atoms with van der Waals surface area (Å²) in [7, 11) is -2.06. The summed E-state index contributed by atoms with van der Waals surface area (Å²) in [5.74, 6) is 0.268. The fourth-order valence-electron chi connectivity index (χ4n) is 2.36. The fraction of sp³-hybridized carbons (Fsp3) is 0.316. The summed E-state index contributed by atoms with van der Waals surface area (Å²) in [6.45, 7) is 4.87. The molecule has 0 aliphatic carbocycles. The van der Waals surface area contributed by atoms with Gasteiger partial charge < -0.3 is 15.8 Å². The maximum atomic E-state index is 12.3. The van der Waals surface area contributed by atoms with Gasteiger partial charge in [0.15, 0.2) is 5.96 Å². The number of hydrogen-bond donors (Lipinski definition) is 3. The molecule has 2 aromatic rings. The van der Waals surface area contributed by atoms with E-state index in [1.807, 2.05) is 32.0 Å². The number of hydrogen-bond acceptors (Lipinski definition) is 4. The molecule has 28 heavy (non-hydrogen) atoms. The molecule has 0 radical (unpaired) electrons. The number of nitrogens with two attached hydrogens (primary N) is 1. The quantitative estimate of drug-likeness (QED) is 0.216. The molecule has 2 rings (SSSR count). The Balaban J connectivity index is 0.00000392. The van der Waals surface area contributed by atoms with Crippen LogP contribution in [0.5, 0.6) is 0 Å². The molecule has 0 bridgehead atoms. The summed E-state index contributed by atoms with van der Waals surface area (Å²) >= 11 is 0. The van der Waals surface area contributed by atoms with E-state index >= 15 is 0 Å². The Morgan fingerprint density at radius 1 is 1.14 bits per heavy atom. The molecule has 7 nitrogen and oxygen atoms in total. The summed E-state index contributed by atoms with van der Waals surface area (Å²) in [4.78, 5) is 4.48. The molecule has 0 fully saturated rings. The highest BCUT2D eigenvalue weighted by Gasteiger charge is 2.13. The van der Waals surface area contributed by atoms with Gasteiger partial charge in [0.2, 0.25) is 10.0 Å². The first-order valence-corrected chi connectivity index (χ1v) is 10.0. The van der Waals surface area contributed by atoms with Gasteiger partial charge in [-0.25, -0.2) is 18.1 Å². The highest BCUT2D eigenvalue weighted by molar-refractivity contribution is 14.0. The van der Waals surface area contributed by atoms with Crippen LogP contribution >= 0.6 is 24.0 Å². The number of halogens is 1. The zero-order valence-corrected chi connectivity index (χ0v) is 19.4. The number of nitrogens with zero attached hydrogens (tertiary/aromatic N) is 1. The second-order valence-electron chi connectivity index (χ2n) is 6.16. The molecule has 4 N–H and O–H groups in total. The number of methoxy groups -OCH3 is 1. The van der Waals surface area contributed by atoms with Gasteiger partial charge in [-0.1, -0.05) is 18.2 Å². The molecular formula is C19H27IN4O3S. The Morgan fingerprint density at radius 2 is 1.89 bits per heavy atom. The van der Waals surface area contributed by atoms with Gasteiger partial charge in [-0.05, 0) is 54.8 Å². The average molecular weight is 518 g/mol. The molecule has 0 aliphatic rings. The third-order valence-electron chi connectivity index (χ3n) is 4.02. The van der Waals surface area contributed by atoms with E-state index in [-0.39, 0.29) is 47.9 Å². The van der Waals surface area contributed by atoms with E-state index in [1.165, 1.54) is 12.7 Å². The lowest BCUT2D eigenvalue weighted by molar-refractivity contribution is 0.204. The van der Waals surface area contributed by atoms with Crippen molar-refractivity contribution in [1.29, 1.82) is 0 Å². The molecule has 0 amide bonds. The van der Waals surface area contributed by atoms with Gasteiger partial charge in [-0.15, -0.1) is 24.0 Å². The van der Waals surface area contributed by atoms with Crippen molar-refractivity contribution in [2.75, 3.05) is 25.6 Å². The molecule has 0 heterocycles. The monoisotopic (exact) mass is 518 g/mol. The molecule has 0 aliphatic heterocycles. The second kappa shape index (κ2) is 11.3. The maximum absolute atomic E-state index is 12.3. The minimum atomic E-state index is -3.58. The summed E-state index contributed by atoms with van der Waals surface area (Å²) in [6, 6.07) is 12.6. The minimum Gasteiger partial charge on any atom is -0.383 e. The minimum absolute atomic E-state index is 0. The van der Waals surface area contributed by atoms with Gasteiger partial charge >= 0.3 is 0 Å². The lowest BCUT2D eigenvalue weighted by atomic mass is 10.1. The Morgan fingerprint density at radius 3 is 2.57 bits per heavy atom. The van der Waals surface area contributed by atoms with Crippen LogP contribution in [0.3, 0.4) is 0 Å². The Hall–Kier alpha value is -1.69. The van der Waals surface area contributed by atoms with Gasteiger partial charge in [0.05, 0.1) is 18.0 Å². The maximum Gasteiger partial charge on any atom is 0.240 e. The fourth-order valence-corrected chi connectivity index (χ4v) is 3.44. The van der Waals surface area contributed by atoms with Crippen molar-refractivity contribution in [1.82, 2.24) is 4.72 Å². The average Bonchev–Trinajstić information content (AvgIpc) is 2.63. The lowest BCUT2D eigenvalue weighted by Gasteiger charge is -2.09. The van der Waals surface area contributed by atoms with Gasteiger partial charge in [-0.3, -0.25) is 0 Å². The van der Waals surface area contributed by atoms with Crippen LogP contribution in [0.15, 0.2) is 52.4 Å². The SMILES string of the molecule is COCCNS(=O)(=O)c1cccc(CN=C(N)Nc2ccc(C)c(C)c2)c1.I. The van der Waals surface area contributed by atoms with Crippen LogP contribution in [0.1, 0.15) is 16.7 Å². The van der Waals surface area contributed by atoms with Gasteiger partial charge in [0.25, 0.3) is 0 Å². The van der Waals surface area contributed by atoms with Crippen LogP contribution in [0, 0.1) is 13.8 Å². The zero-order chi connectivity index (χ0) is 19.9. The third-order valence-corrected chi connectivity index (χ3v) is 5.48. The first kappa shape index (κ1) is 24.3. The van der Waals surface area contributed by atoms with Gasteiger partial charge in [-0.2, -0.15) is 0 Å².